The van der Waals surface area contributed by atoms with Crippen LogP contribution >= 0.6 is 11.8 Å². The van der Waals surface area contributed by atoms with Gasteiger partial charge in [-0.2, -0.15) is 0 Å². The van der Waals surface area contributed by atoms with Crippen LogP contribution in [0.25, 0.3) is 0 Å². The van der Waals surface area contributed by atoms with Gasteiger partial charge >= 0.3 is 0 Å². The third-order valence-electron chi connectivity index (χ3n) is 4.57. The van der Waals surface area contributed by atoms with Crippen LogP contribution in [-0.2, 0) is 18.4 Å². The molecular formula is C21H22FN5O2S. The Hall–Kier alpha value is -3.20. The van der Waals surface area contributed by atoms with E-state index in [1.54, 1.807) is 17.7 Å². The molecule has 0 radical (unpaired) electrons. The molecule has 30 heavy (non-hydrogen) atoms. The van der Waals surface area contributed by atoms with Gasteiger partial charge in [0, 0.05) is 12.7 Å². The lowest BCUT2D eigenvalue weighted by molar-refractivity contribution is -0.113. The van der Waals surface area contributed by atoms with E-state index in [9.17, 15) is 14.0 Å². The van der Waals surface area contributed by atoms with Crippen LogP contribution in [0.1, 0.15) is 27.3 Å². The molecule has 0 aliphatic rings. The Kier molecular flexibility index (Phi) is 6.83. The fraction of sp³-hybridized carbons (Fsp3) is 0.238. The van der Waals surface area contributed by atoms with Crippen molar-refractivity contribution >= 4 is 29.3 Å². The smallest absolute Gasteiger partial charge is 0.254 e. The first-order chi connectivity index (χ1) is 14.3. The van der Waals surface area contributed by atoms with E-state index in [1.165, 1.54) is 30.0 Å². The monoisotopic (exact) mass is 427 g/mol. The lowest BCUT2D eigenvalue weighted by Crippen LogP contribution is -2.25. The number of carbonyl (C=O) groups excluding carboxylic acids is 2. The SMILES string of the molecule is Cc1ccc(NC(=O)CSc2nnc(CNC(=O)c3ccccc3F)n2C)cc1C. The number of hydrogen-bond donors (Lipinski definition) is 2. The van der Waals surface area contributed by atoms with Crippen LogP contribution in [0.2, 0.25) is 0 Å². The highest BCUT2D eigenvalue weighted by atomic mass is 32.2. The maximum Gasteiger partial charge on any atom is 0.254 e. The number of hydrogen-bond acceptors (Lipinski definition) is 5. The highest BCUT2D eigenvalue weighted by Crippen LogP contribution is 2.18. The second-order valence-corrected chi connectivity index (χ2v) is 7.70. The molecule has 3 rings (SSSR count). The molecule has 2 aromatic carbocycles. The van der Waals surface area contributed by atoms with Crippen molar-refractivity contribution in [3.8, 4) is 0 Å². The minimum atomic E-state index is -0.584. The van der Waals surface area contributed by atoms with Crippen LogP contribution in [0.15, 0.2) is 47.6 Å². The third kappa shape index (κ3) is 5.24. The zero-order valence-electron chi connectivity index (χ0n) is 16.9. The molecule has 0 saturated heterocycles. The van der Waals surface area contributed by atoms with Gasteiger partial charge in [-0.15, -0.1) is 10.2 Å². The van der Waals surface area contributed by atoms with E-state index in [0.717, 1.165) is 16.8 Å². The molecule has 1 aromatic heterocycles. The first-order valence-electron chi connectivity index (χ1n) is 9.26. The van der Waals surface area contributed by atoms with E-state index in [0.29, 0.717) is 11.0 Å². The van der Waals surface area contributed by atoms with Crippen LogP contribution in [0.3, 0.4) is 0 Å². The van der Waals surface area contributed by atoms with E-state index in [-0.39, 0.29) is 23.8 Å². The number of anilines is 1. The molecule has 0 atom stereocenters. The number of carbonyl (C=O) groups is 2. The van der Waals surface area contributed by atoms with Gasteiger partial charge in [0.05, 0.1) is 17.9 Å². The van der Waals surface area contributed by atoms with Crippen molar-refractivity contribution in [1.29, 1.82) is 0 Å². The summed E-state index contributed by atoms with van der Waals surface area (Å²) in [5, 5.41) is 14.1. The number of thioether (sulfide) groups is 1. The Bertz CT molecular complexity index is 1080. The maximum absolute atomic E-state index is 13.7. The molecule has 2 amide bonds. The molecule has 0 aliphatic carbocycles. The number of nitrogens with zero attached hydrogens (tertiary/aromatic N) is 3. The zero-order chi connectivity index (χ0) is 21.7. The molecule has 156 valence electrons. The standard InChI is InChI=1S/C21H22FN5O2S/c1-13-8-9-15(10-14(13)2)24-19(28)12-30-21-26-25-18(27(21)3)11-23-20(29)16-6-4-5-7-17(16)22/h4-10H,11-12H2,1-3H3,(H,23,29)(H,24,28). The molecule has 0 spiro atoms. The van der Waals surface area contributed by atoms with Crippen molar-refractivity contribution in [2.24, 2.45) is 7.05 Å². The van der Waals surface area contributed by atoms with Crippen molar-refractivity contribution < 1.29 is 14.0 Å². The van der Waals surface area contributed by atoms with Gasteiger partial charge in [-0.3, -0.25) is 9.59 Å². The van der Waals surface area contributed by atoms with Crippen molar-refractivity contribution in [3.63, 3.8) is 0 Å². The van der Waals surface area contributed by atoms with Gasteiger partial charge in [0.25, 0.3) is 5.91 Å². The molecule has 3 aromatic rings. The Morgan fingerprint density at radius 1 is 1.10 bits per heavy atom. The second kappa shape index (κ2) is 9.53. The number of halogens is 1. The van der Waals surface area contributed by atoms with Crippen LogP contribution in [0.4, 0.5) is 10.1 Å². The van der Waals surface area contributed by atoms with Crippen molar-refractivity contribution in [1.82, 2.24) is 20.1 Å². The number of rotatable bonds is 7. The van der Waals surface area contributed by atoms with Crippen molar-refractivity contribution in [2.45, 2.75) is 25.5 Å². The topological polar surface area (TPSA) is 88.9 Å². The van der Waals surface area contributed by atoms with Gasteiger partial charge in [-0.05, 0) is 49.2 Å². The Labute approximate surface area is 178 Å². The average Bonchev–Trinajstić information content (AvgIpc) is 3.07. The van der Waals surface area contributed by atoms with E-state index in [1.807, 2.05) is 32.0 Å². The van der Waals surface area contributed by atoms with E-state index in [4.69, 9.17) is 0 Å². The van der Waals surface area contributed by atoms with Gasteiger partial charge in [0.2, 0.25) is 5.91 Å². The third-order valence-corrected chi connectivity index (χ3v) is 5.59. The molecule has 0 saturated carbocycles. The lowest BCUT2D eigenvalue weighted by Gasteiger charge is -2.08. The second-order valence-electron chi connectivity index (χ2n) is 6.76. The molecule has 0 aliphatic heterocycles. The van der Waals surface area contributed by atoms with Gasteiger partial charge in [0.1, 0.15) is 5.82 Å². The molecule has 0 unspecified atom stereocenters. The summed E-state index contributed by atoms with van der Waals surface area (Å²) in [6, 6.07) is 11.5. The largest absolute Gasteiger partial charge is 0.345 e. The summed E-state index contributed by atoms with van der Waals surface area (Å²) < 4.78 is 15.4. The predicted molar refractivity (Wildman–Crippen MR) is 114 cm³/mol. The summed E-state index contributed by atoms with van der Waals surface area (Å²) >= 11 is 1.24. The highest BCUT2D eigenvalue weighted by Gasteiger charge is 2.15. The average molecular weight is 428 g/mol. The summed E-state index contributed by atoms with van der Waals surface area (Å²) in [4.78, 5) is 24.3. The number of aryl methyl sites for hydroxylation is 2. The summed E-state index contributed by atoms with van der Waals surface area (Å²) in [7, 11) is 1.74. The fourth-order valence-corrected chi connectivity index (χ4v) is 3.40. The van der Waals surface area contributed by atoms with Crippen LogP contribution in [0.5, 0.6) is 0 Å². The molecule has 7 nitrogen and oxygen atoms in total. The Balaban J connectivity index is 1.53. The minimum Gasteiger partial charge on any atom is -0.345 e. The number of benzene rings is 2. The number of aromatic nitrogens is 3. The van der Waals surface area contributed by atoms with Crippen molar-refractivity contribution in [2.75, 3.05) is 11.1 Å². The highest BCUT2D eigenvalue weighted by molar-refractivity contribution is 7.99. The normalized spacial score (nSPS) is 10.7. The summed E-state index contributed by atoms with van der Waals surface area (Å²) in [6.07, 6.45) is 0. The predicted octanol–water partition coefficient (Wildman–Crippen LogP) is 3.23. The first-order valence-corrected chi connectivity index (χ1v) is 10.2. The maximum atomic E-state index is 13.7. The molecule has 2 N–H and O–H groups in total. The summed E-state index contributed by atoms with van der Waals surface area (Å²) in [6.45, 7) is 4.10. The Morgan fingerprint density at radius 2 is 1.87 bits per heavy atom. The van der Waals surface area contributed by atoms with E-state index in [2.05, 4.69) is 20.8 Å². The number of amides is 2. The van der Waals surface area contributed by atoms with Crippen LogP contribution < -0.4 is 10.6 Å². The van der Waals surface area contributed by atoms with Crippen molar-refractivity contribution in [3.05, 3.63) is 70.8 Å². The quantitative estimate of drug-likeness (QED) is 0.565. The molecule has 9 heteroatoms. The fourth-order valence-electron chi connectivity index (χ4n) is 2.67. The lowest BCUT2D eigenvalue weighted by atomic mass is 10.1. The van der Waals surface area contributed by atoms with Crippen LogP contribution in [-0.4, -0.2) is 32.3 Å². The number of nitrogens with one attached hydrogen (secondary N) is 2. The van der Waals surface area contributed by atoms with E-state index >= 15 is 0 Å². The summed E-state index contributed by atoms with van der Waals surface area (Å²) in [5.74, 6) is -0.602. The zero-order valence-corrected chi connectivity index (χ0v) is 17.7. The molecular weight excluding hydrogens is 405 g/mol. The van der Waals surface area contributed by atoms with Gasteiger partial charge in [0.15, 0.2) is 11.0 Å². The Morgan fingerprint density at radius 3 is 2.60 bits per heavy atom. The minimum absolute atomic E-state index is 0.0303. The van der Waals surface area contributed by atoms with Gasteiger partial charge < -0.3 is 15.2 Å². The van der Waals surface area contributed by atoms with Gasteiger partial charge in [-0.25, -0.2) is 4.39 Å². The first kappa shape index (κ1) is 21.5. The van der Waals surface area contributed by atoms with Crippen LogP contribution in [0, 0.1) is 19.7 Å². The summed E-state index contributed by atoms with van der Waals surface area (Å²) in [5.41, 5.74) is 2.99. The molecule has 0 bridgehead atoms. The molecule has 0 fully saturated rings. The van der Waals surface area contributed by atoms with Gasteiger partial charge in [-0.1, -0.05) is 30.0 Å². The van der Waals surface area contributed by atoms with E-state index < -0.39 is 11.7 Å². The molecule has 1 heterocycles.